The van der Waals surface area contributed by atoms with Crippen LogP contribution in [0.3, 0.4) is 0 Å². The van der Waals surface area contributed by atoms with Gasteiger partial charge in [-0.3, -0.25) is 0 Å². The molecule has 2 aliphatic rings. The topological polar surface area (TPSA) is 9.23 Å². The molecule has 4 aromatic carbocycles. The van der Waals surface area contributed by atoms with E-state index in [1.54, 1.807) is 0 Å². The number of halogens is 2. The SMILES string of the molecule is COc1c(C(C)(C)C)cc2c(c1-c1ccc(C(C)(C)C)cc1)C=C(C)[CH]2[Zr]([Cl])([Cl])([CH]1C(C)=Cc2c(-c3ccc(C(C)(C)C)cc3)cccc21)[SiH](C)C. The average molecular weight is 830 g/mol. The molecular formula is C47H59Cl2OSiZr. The summed E-state index contributed by atoms with van der Waals surface area (Å²) >= 11 is -4.92. The van der Waals surface area contributed by atoms with Crippen molar-refractivity contribution >= 4 is 35.1 Å². The van der Waals surface area contributed by atoms with E-state index in [2.05, 4.69) is 174 Å². The van der Waals surface area contributed by atoms with E-state index in [1.165, 1.54) is 66.8 Å². The van der Waals surface area contributed by atoms with Crippen LogP contribution in [0.4, 0.5) is 0 Å². The van der Waals surface area contributed by atoms with Gasteiger partial charge in [0.25, 0.3) is 0 Å². The van der Waals surface area contributed by atoms with Crippen molar-refractivity contribution in [3.05, 3.63) is 123 Å². The summed E-state index contributed by atoms with van der Waals surface area (Å²) in [6, 6.07) is 27.5. The fourth-order valence-corrected chi connectivity index (χ4v) is 42.0. The number of hydrogen-bond donors (Lipinski definition) is 0. The molecule has 0 aliphatic heterocycles. The number of hydrogen-bond acceptors (Lipinski definition) is 1. The minimum atomic E-state index is -4.92. The third-order valence-corrected chi connectivity index (χ3v) is 64.4. The van der Waals surface area contributed by atoms with Gasteiger partial charge >= 0.3 is 326 Å². The first-order valence-electron chi connectivity index (χ1n) is 19.0. The Balaban J connectivity index is 1.58. The van der Waals surface area contributed by atoms with E-state index >= 15 is 0 Å². The molecule has 0 heterocycles. The normalized spacial score (nSPS) is 18.4. The molecule has 0 radical (unpaired) electrons. The summed E-state index contributed by atoms with van der Waals surface area (Å²) in [4.78, 5) is 0. The van der Waals surface area contributed by atoms with Crippen molar-refractivity contribution in [2.24, 2.45) is 0 Å². The van der Waals surface area contributed by atoms with Gasteiger partial charge in [0, 0.05) is 0 Å². The fourth-order valence-electron chi connectivity index (χ4n) is 9.09. The molecule has 0 N–H and O–H groups in total. The summed E-state index contributed by atoms with van der Waals surface area (Å²) in [7, 11) is 19.2. The van der Waals surface area contributed by atoms with Gasteiger partial charge in [-0.2, -0.15) is 0 Å². The van der Waals surface area contributed by atoms with E-state index in [9.17, 15) is 0 Å². The van der Waals surface area contributed by atoms with E-state index in [4.69, 9.17) is 21.8 Å². The van der Waals surface area contributed by atoms with Crippen LogP contribution >= 0.6 is 17.0 Å². The van der Waals surface area contributed by atoms with Gasteiger partial charge in [-0.05, 0) is 0 Å². The van der Waals surface area contributed by atoms with Crippen LogP contribution in [0.25, 0.3) is 34.4 Å². The summed E-state index contributed by atoms with van der Waals surface area (Å²) in [5.74, 6) is -0.748. The first-order chi connectivity index (χ1) is 24.0. The Morgan fingerprint density at radius 2 is 1.10 bits per heavy atom. The van der Waals surface area contributed by atoms with Crippen LogP contribution in [0.1, 0.15) is 122 Å². The van der Waals surface area contributed by atoms with Gasteiger partial charge in [0.05, 0.1) is 0 Å². The quantitative estimate of drug-likeness (QED) is 0.176. The van der Waals surface area contributed by atoms with Crippen molar-refractivity contribution in [3.63, 3.8) is 0 Å². The van der Waals surface area contributed by atoms with Crippen molar-refractivity contribution in [1.29, 1.82) is 0 Å². The van der Waals surface area contributed by atoms with Crippen molar-refractivity contribution in [2.45, 2.75) is 113 Å². The summed E-state index contributed by atoms with van der Waals surface area (Å²) in [6.07, 6.45) is 4.81. The Morgan fingerprint density at radius 1 is 0.615 bits per heavy atom. The molecule has 275 valence electrons. The predicted octanol–water partition coefficient (Wildman–Crippen LogP) is 14.5. The molecule has 6 rings (SSSR count). The second-order valence-corrected chi connectivity index (χ2v) is 61.6. The predicted molar refractivity (Wildman–Crippen MR) is 230 cm³/mol. The van der Waals surface area contributed by atoms with E-state index in [1.807, 2.05) is 7.11 Å². The first kappa shape index (κ1) is 39.5. The number of fused-ring (bicyclic) bond motifs is 2. The van der Waals surface area contributed by atoms with Crippen molar-refractivity contribution < 1.29 is 20.3 Å². The van der Waals surface area contributed by atoms with Crippen LogP contribution in [0.15, 0.2) is 83.9 Å². The summed E-state index contributed by atoms with van der Waals surface area (Å²) in [6.45, 7) is 29.9. The van der Waals surface area contributed by atoms with Crippen molar-refractivity contribution in [1.82, 2.24) is 0 Å². The molecule has 0 saturated carbocycles. The van der Waals surface area contributed by atoms with Crippen LogP contribution in [-0.4, -0.2) is 13.0 Å². The molecule has 2 unspecified atom stereocenters. The van der Waals surface area contributed by atoms with Gasteiger partial charge in [0.15, 0.2) is 0 Å². The first-order valence-corrected chi connectivity index (χ1v) is 35.3. The molecule has 2 atom stereocenters. The van der Waals surface area contributed by atoms with E-state index in [-0.39, 0.29) is 23.5 Å². The molecule has 4 aromatic rings. The molecule has 0 saturated heterocycles. The Kier molecular flexibility index (Phi) is 10.1. The van der Waals surface area contributed by atoms with Gasteiger partial charge in [-0.25, -0.2) is 0 Å². The van der Waals surface area contributed by atoms with Gasteiger partial charge in [-0.1, -0.05) is 0 Å². The molecule has 0 aromatic heterocycles. The zero-order chi connectivity index (χ0) is 38.4. The number of methoxy groups -OCH3 is 1. The van der Waals surface area contributed by atoms with E-state index in [0.29, 0.717) is 0 Å². The Labute approximate surface area is 323 Å². The number of ether oxygens (including phenoxy) is 1. The molecule has 52 heavy (non-hydrogen) atoms. The van der Waals surface area contributed by atoms with Crippen LogP contribution in [0, 0.1) is 0 Å². The third-order valence-electron chi connectivity index (χ3n) is 12.1. The second kappa shape index (κ2) is 13.3. The zero-order valence-corrected chi connectivity index (χ0v) is 39.1. The van der Waals surface area contributed by atoms with E-state index in [0.717, 1.165) is 11.3 Å². The van der Waals surface area contributed by atoms with Gasteiger partial charge in [0.2, 0.25) is 0 Å². The molecule has 0 amide bonds. The Hall–Kier alpha value is -2.16. The molecule has 2 aliphatic carbocycles. The van der Waals surface area contributed by atoms with Crippen LogP contribution in [-0.2, 0) is 31.8 Å². The summed E-state index contributed by atoms with van der Waals surface area (Å²) in [5, 5.41) is 0. The van der Waals surface area contributed by atoms with Gasteiger partial charge in [0.1, 0.15) is 0 Å². The monoisotopic (exact) mass is 827 g/mol. The van der Waals surface area contributed by atoms with Crippen LogP contribution < -0.4 is 4.74 Å². The van der Waals surface area contributed by atoms with Crippen molar-refractivity contribution in [2.75, 3.05) is 7.11 Å². The minimum absolute atomic E-state index is 0.0000645. The third kappa shape index (κ3) is 6.42. The number of rotatable bonds is 6. The Bertz CT molecular complexity index is 2100. The van der Waals surface area contributed by atoms with Crippen LogP contribution in [0.2, 0.25) is 13.1 Å². The molecule has 1 nitrogen and oxygen atoms in total. The van der Waals surface area contributed by atoms with Crippen molar-refractivity contribution in [3.8, 4) is 28.0 Å². The molecule has 0 fully saturated rings. The van der Waals surface area contributed by atoms with Crippen LogP contribution in [0.5, 0.6) is 5.75 Å². The van der Waals surface area contributed by atoms with E-state index < -0.39 is 21.5 Å². The summed E-state index contributed by atoms with van der Waals surface area (Å²) in [5.41, 5.74) is 16.4. The fraction of sp³-hybridized carbons (Fsp3) is 0.404. The van der Waals surface area contributed by atoms with Gasteiger partial charge in [-0.15, -0.1) is 0 Å². The number of allylic oxidation sites excluding steroid dienone is 2. The zero-order valence-electron chi connectivity index (χ0n) is 34.0. The summed E-state index contributed by atoms with van der Waals surface area (Å²) < 4.78 is 6.41. The molecule has 0 spiro atoms. The molecule has 0 bridgehead atoms. The van der Waals surface area contributed by atoms with Gasteiger partial charge < -0.3 is 0 Å². The second-order valence-electron chi connectivity index (χ2n) is 19.1. The average Bonchev–Trinajstić information content (AvgIpc) is 3.59. The molecular weight excluding hydrogens is 771 g/mol. The number of benzene rings is 4. The standard InChI is InChI=1S/C25H31O.C20H21.C2H7Si.2ClH.Zr/c1-16-13-18-15-21(25(5,6)7)23(26-8)22(20(18)14-16)17-9-11-19(12-10-17)24(2,3)4;1-14-12-16-6-5-7-18(19(16)13-14)15-8-10-17(11-9-15)20(2,3)4;1-3-2;;;/h9-15H,1-8H3;5-13H,1-4H3;3H,1-2H3;2*1H;/q;;;;;+2/p-2. The maximum absolute atomic E-state index is 8.69. The maximum atomic E-state index is 8.69. The molecule has 5 heteroatoms. The Morgan fingerprint density at radius 3 is 1.56 bits per heavy atom.